The number of benzene rings is 1. The maximum atomic E-state index is 12.4. The third-order valence-corrected chi connectivity index (χ3v) is 4.51. The van der Waals surface area contributed by atoms with Crippen LogP contribution in [0.25, 0.3) is 0 Å². The third kappa shape index (κ3) is 2.79. The number of piperidine rings is 1. The highest BCUT2D eigenvalue weighted by molar-refractivity contribution is 5.74. The average molecular weight is 313 g/mol. The number of carbonyl (C=O) groups is 1. The maximum Gasteiger partial charge on any atom is 0.317 e. The minimum atomic E-state index is -0.0414. The van der Waals surface area contributed by atoms with E-state index in [1.165, 1.54) is 0 Å². The van der Waals surface area contributed by atoms with Gasteiger partial charge in [-0.25, -0.2) is 9.48 Å². The van der Waals surface area contributed by atoms with Gasteiger partial charge in [0.25, 0.3) is 0 Å². The Morgan fingerprint density at radius 3 is 3.09 bits per heavy atom. The first-order valence-electron chi connectivity index (χ1n) is 7.88. The molecule has 7 nitrogen and oxygen atoms in total. The van der Waals surface area contributed by atoms with E-state index >= 15 is 0 Å². The lowest BCUT2D eigenvalue weighted by atomic mass is 10.0. The number of likely N-dealkylation sites (tertiary alicyclic amines) is 1. The second-order valence-electron chi connectivity index (χ2n) is 5.97. The van der Waals surface area contributed by atoms with Gasteiger partial charge >= 0.3 is 6.03 Å². The summed E-state index contributed by atoms with van der Waals surface area (Å²) in [4.78, 5) is 14.2. The van der Waals surface area contributed by atoms with E-state index in [1.54, 1.807) is 6.20 Å². The van der Waals surface area contributed by atoms with Crippen LogP contribution < -0.4 is 5.32 Å². The number of fused-ring (bicyclic) bond motifs is 3. The lowest BCUT2D eigenvalue weighted by Gasteiger charge is -2.40. The zero-order valence-corrected chi connectivity index (χ0v) is 12.8. The van der Waals surface area contributed by atoms with E-state index in [4.69, 9.17) is 4.74 Å². The first-order chi connectivity index (χ1) is 11.3. The topological polar surface area (TPSA) is 72.3 Å². The van der Waals surface area contributed by atoms with Crippen LogP contribution in [0.4, 0.5) is 4.79 Å². The van der Waals surface area contributed by atoms with Crippen LogP contribution in [-0.4, -0.2) is 45.1 Å². The van der Waals surface area contributed by atoms with Crippen molar-refractivity contribution in [3.05, 3.63) is 47.8 Å². The van der Waals surface area contributed by atoms with Gasteiger partial charge in [-0.3, -0.25) is 0 Å². The van der Waals surface area contributed by atoms with Crippen molar-refractivity contribution < 1.29 is 9.53 Å². The summed E-state index contributed by atoms with van der Waals surface area (Å²) in [5, 5.41) is 11.1. The van der Waals surface area contributed by atoms with E-state index in [0.29, 0.717) is 26.2 Å². The number of amides is 2. The molecule has 1 N–H and O–H groups in total. The van der Waals surface area contributed by atoms with Gasteiger partial charge in [-0.2, -0.15) is 0 Å². The quantitative estimate of drug-likeness (QED) is 0.908. The number of carbonyl (C=O) groups excluding carboxylic acids is 1. The van der Waals surface area contributed by atoms with Gasteiger partial charge in [0.15, 0.2) is 0 Å². The molecule has 0 radical (unpaired) electrons. The molecule has 2 amide bonds. The van der Waals surface area contributed by atoms with E-state index in [2.05, 4.69) is 15.6 Å². The number of rotatable bonds is 2. The first kappa shape index (κ1) is 14.2. The highest BCUT2D eigenvalue weighted by Crippen LogP contribution is 2.30. The summed E-state index contributed by atoms with van der Waals surface area (Å²) in [6.07, 6.45) is 2.56. The third-order valence-electron chi connectivity index (χ3n) is 4.51. The Kier molecular flexibility index (Phi) is 3.70. The van der Waals surface area contributed by atoms with Crippen molar-refractivity contribution in [2.45, 2.75) is 31.7 Å². The summed E-state index contributed by atoms with van der Waals surface area (Å²) in [5.41, 5.74) is 2.10. The lowest BCUT2D eigenvalue weighted by Crippen LogP contribution is -2.52. The Labute approximate surface area is 134 Å². The number of hydrogen-bond donors (Lipinski definition) is 1. The Morgan fingerprint density at radius 2 is 2.22 bits per heavy atom. The Morgan fingerprint density at radius 1 is 1.35 bits per heavy atom. The molecule has 1 aromatic carbocycles. The molecule has 2 aliphatic rings. The van der Waals surface area contributed by atoms with E-state index in [9.17, 15) is 4.79 Å². The number of ether oxygens (including phenoxy) is 1. The molecule has 0 bridgehead atoms. The van der Waals surface area contributed by atoms with Crippen LogP contribution in [-0.2, 0) is 17.9 Å². The predicted octanol–water partition coefficient (Wildman–Crippen LogP) is 1.33. The Hall–Kier alpha value is -2.41. The predicted molar refractivity (Wildman–Crippen MR) is 82.5 cm³/mol. The normalized spacial score (nSPS) is 23.0. The van der Waals surface area contributed by atoms with E-state index < -0.39 is 0 Å². The highest BCUT2D eigenvalue weighted by atomic mass is 16.5. The number of nitrogens with one attached hydrogen (secondary N) is 1. The largest absolute Gasteiger partial charge is 0.368 e. The molecule has 7 heteroatoms. The number of urea groups is 1. The van der Waals surface area contributed by atoms with E-state index in [1.807, 2.05) is 39.9 Å². The summed E-state index contributed by atoms with van der Waals surface area (Å²) in [5.74, 6) is 0. The fourth-order valence-corrected chi connectivity index (χ4v) is 3.26. The van der Waals surface area contributed by atoms with Gasteiger partial charge in [-0.15, -0.1) is 5.10 Å². The molecule has 1 fully saturated rings. The van der Waals surface area contributed by atoms with Crippen LogP contribution in [0.3, 0.4) is 0 Å². The van der Waals surface area contributed by atoms with Gasteiger partial charge in [0.1, 0.15) is 0 Å². The lowest BCUT2D eigenvalue weighted by molar-refractivity contribution is -0.0604. The van der Waals surface area contributed by atoms with Crippen LogP contribution in [0.1, 0.15) is 23.7 Å². The molecule has 1 saturated heterocycles. The van der Waals surface area contributed by atoms with Gasteiger partial charge in [-0.1, -0.05) is 35.5 Å². The summed E-state index contributed by atoms with van der Waals surface area (Å²) >= 11 is 0. The highest BCUT2D eigenvalue weighted by Gasteiger charge is 2.37. The van der Waals surface area contributed by atoms with E-state index in [-0.39, 0.29) is 18.2 Å². The molecule has 3 heterocycles. The summed E-state index contributed by atoms with van der Waals surface area (Å²) in [7, 11) is 0. The number of aromatic nitrogens is 3. The molecule has 2 atom stereocenters. The van der Waals surface area contributed by atoms with E-state index in [0.717, 1.165) is 17.7 Å². The Bertz CT molecular complexity index is 687. The smallest absolute Gasteiger partial charge is 0.317 e. The van der Waals surface area contributed by atoms with Crippen LogP contribution in [0.5, 0.6) is 0 Å². The fourth-order valence-electron chi connectivity index (χ4n) is 3.26. The van der Waals surface area contributed by atoms with Gasteiger partial charge in [0, 0.05) is 13.1 Å². The first-order valence-corrected chi connectivity index (χ1v) is 7.88. The fraction of sp³-hybridized carbons (Fsp3) is 0.438. The molecule has 0 aliphatic carbocycles. The van der Waals surface area contributed by atoms with Crippen molar-refractivity contribution in [3.8, 4) is 0 Å². The molecule has 120 valence electrons. The van der Waals surface area contributed by atoms with Crippen LogP contribution in [0.15, 0.2) is 36.5 Å². The molecule has 4 rings (SSSR count). The molecule has 1 aromatic heterocycles. The number of nitrogens with zero attached hydrogens (tertiary/aromatic N) is 4. The average Bonchev–Trinajstić information content (AvgIpc) is 3.09. The SMILES string of the molecule is O=C(NCc1ccccc1)N1CC[C@H]2[C@H](C1)OCc1cnnn12. The van der Waals surface area contributed by atoms with Crippen molar-refractivity contribution in [1.82, 2.24) is 25.2 Å². The zero-order chi connectivity index (χ0) is 15.6. The second kappa shape index (κ2) is 6.00. The molecule has 0 saturated carbocycles. The van der Waals surface area contributed by atoms with Crippen molar-refractivity contribution >= 4 is 6.03 Å². The Balaban J connectivity index is 1.36. The van der Waals surface area contributed by atoms with Gasteiger partial charge in [0.05, 0.1) is 37.2 Å². The summed E-state index contributed by atoms with van der Waals surface area (Å²) in [6, 6.07) is 10.1. The monoisotopic (exact) mass is 313 g/mol. The second-order valence-corrected chi connectivity index (χ2v) is 5.97. The molecule has 23 heavy (non-hydrogen) atoms. The summed E-state index contributed by atoms with van der Waals surface area (Å²) < 4.78 is 7.84. The van der Waals surface area contributed by atoms with Crippen molar-refractivity contribution in [3.63, 3.8) is 0 Å². The van der Waals surface area contributed by atoms with Gasteiger partial charge in [-0.05, 0) is 12.0 Å². The minimum absolute atomic E-state index is 0.0135. The molecule has 0 spiro atoms. The summed E-state index contributed by atoms with van der Waals surface area (Å²) in [6.45, 7) is 2.33. The molecule has 0 unspecified atom stereocenters. The standard InChI is InChI=1S/C16H19N5O2/c22-16(17-8-12-4-2-1-3-5-12)20-7-6-14-15(10-20)23-11-13-9-18-19-21(13)14/h1-5,9,14-15H,6-8,10-11H2,(H,17,22)/t14-,15-/m0/s1. The zero-order valence-electron chi connectivity index (χ0n) is 12.8. The van der Waals surface area contributed by atoms with Crippen LogP contribution >= 0.6 is 0 Å². The van der Waals surface area contributed by atoms with Crippen molar-refractivity contribution in [2.75, 3.05) is 13.1 Å². The van der Waals surface area contributed by atoms with Crippen LogP contribution in [0, 0.1) is 0 Å². The maximum absolute atomic E-state index is 12.4. The molecular formula is C16H19N5O2. The van der Waals surface area contributed by atoms with Crippen molar-refractivity contribution in [1.29, 1.82) is 0 Å². The van der Waals surface area contributed by atoms with Crippen LogP contribution in [0.2, 0.25) is 0 Å². The van der Waals surface area contributed by atoms with Crippen molar-refractivity contribution in [2.24, 2.45) is 0 Å². The molecular weight excluding hydrogens is 294 g/mol. The number of hydrogen-bond acceptors (Lipinski definition) is 4. The minimum Gasteiger partial charge on any atom is -0.368 e. The molecule has 2 aliphatic heterocycles. The molecule has 2 aromatic rings. The van der Waals surface area contributed by atoms with Gasteiger partial charge in [0.2, 0.25) is 0 Å². The van der Waals surface area contributed by atoms with Gasteiger partial charge < -0.3 is 15.0 Å².